The standard InChI is InChI=1S/C23H24BrN5O/c1-13-18(20(25)30)19(15-6-5-7-17(24)12-15)29-22(26-13)27-21(28-29)14-8-10-16(11-9-14)23(2,3)4/h5-12,19H,1-4H3,(H2,25,30)(H,26,27,28). The van der Waals surface area contributed by atoms with Crippen LogP contribution < -0.4 is 11.1 Å². The Morgan fingerprint density at radius 1 is 1.17 bits per heavy atom. The van der Waals surface area contributed by atoms with Crippen LogP contribution in [0, 0.1) is 0 Å². The molecule has 1 aliphatic heterocycles. The highest BCUT2D eigenvalue weighted by Crippen LogP contribution is 2.37. The van der Waals surface area contributed by atoms with Gasteiger partial charge in [-0.25, -0.2) is 4.68 Å². The lowest BCUT2D eigenvalue weighted by Crippen LogP contribution is -2.31. The van der Waals surface area contributed by atoms with E-state index in [-0.39, 0.29) is 5.41 Å². The maximum Gasteiger partial charge on any atom is 0.248 e. The molecule has 7 heteroatoms. The topological polar surface area (TPSA) is 85.8 Å². The van der Waals surface area contributed by atoms with Crippen LogP contribution in [0.25, 0.3) is 11.4 Å². The summed E-state index contributed by atoms with van der Waals surface area (Å²) in [6, 6.07) is 15.6. The Morgan fingerprint density at radius 2 is 1.87 bits per heavy atom. The minimum absolute atomic E-state index is 0.0736. The summed E-state index contributed by atoms with van der Waals surface area (Å²) in [5.41, 5.74) is 10.0. The Hall–Kier alpha value is -2.93. The van der Waals surface area contributed by atoms with Crippen molar-refractivity contribution in [3.05, 3.63) is 75.4 Å². The molecular weight excluding hydrogens is 442 g/mol. The molecule has 154 valence electrons. The quantitative estimate of drug-likeness (QED) is 0.582. The van der Waals surface area contributed by atoms with Crippen LogP contribution in [-0.2, 0) is 10.2 Å². The minimum atomic E-state index is -0.484. The fraction of sp³-hybridized carbons (Fsp3) is 0.261. The number of aromatic nitrogens is 3. The van der Waals surface area contributed by atoms with Crippen LogP contribution in [0.3, 0.4) is 0 Å². The molecule has 3 aromatic rings. The lowest BCUT2D eigenvalue weighted by molar-refractivity contribution is -0.115. The maximum absolute atomic E-state index is 12.3. The van der Waals surface area contributed by atoms with E-state index in [0.717, 1.165) is 15.6 Å². The van der Waals surface area contributed by atoms with Gasteiger partial charge in [-0.05, 0) is 35.6 Å². The zero-order valence-electron chi connectivity index (χ0n) is 17.4. The third kappa shape index (κ3) is 3.65. The fourth-order valence-electron chi connectivity index (χ4n) is 3.70. The highest BCUT2D eigenvalue weighted by Gasteiger charge is 2.33. The van der Waals surface area contributed by atoms with Crippen molar-refractivity contribution in [1.82, 2.24) is 14.8 Å². The van der Waals surface area contributed by atoms with E-state index in [2.05, 4.69) is 54.2 Å². The van der Waals surface area contributed by atoms with Crippen molar-refractivity contribution >= 4 is 27.8 Å². The minimum Gasteiger partial charge on any atom is -0.366 e. The first kappa shape index (κ1) is 20.3. The number of benzene rings is 2. The molecule has 1 amide bonds. The SMILES string of the molecule is CC1=C(C(N)=O)C(c2cccc(Br)c2)n2nc(-c3ccc(C(C)(C)C)cc3)nc2N1. The van der Waals surface area contributed by atoms with Crippen molar-refractivity contribution in [3.8, 4) is 11.4 Å². The number of nitrogens with one attached hydrogen (secondary N) is 1. The largest absolute Gasteiger partial charge is 0.366 e. The summed E-state index contributed by atoms with van der Waals surface area (Å²) >= 11 is 3.51. The molecule has 0 spiro atoms. The molecule has 0 saturated heterocycles. The van der Waals surface area contributed by atoms with E-state index in [0.29, 0.717) is 23.0 Å². The molecule has 30 heavy (non-hydrogen) atoms. The van der Waals surface area contributed by atoms with Crippen LogP contribution in [0.15, 0.2) is 64.3 Å². The van der Waals surface area contributed by atoms with Crippen LogP contribution in [0.4, 0.5) is 5.95 Å². The van der Waals surface area contributed by atoms with Crippen LogP contribution >= 0.6 is 15.9 Å². The number of primary amides is 1. The fourth-order valence-corrected chi connectivity index (χ4v) is 4.11. The van der Waals surface area contributed by atoms with Gasteiger partial charge in [0.05, 0.1) is 5.57 Å². The van der Waals surface area contributed by atoms with Crippen molar-refractivity contribution in [2.45, 2.75) is 39.2 Å². The maximum atomic E-state index is 12.3. The van der Waals surface area contributed by atoms with Crippen LogP contribution in [0.2, 0.25) is 0 Å². The van der Waals surface area contributed by atoms with Gasteiger partial charge < -0.3 is 11.1 Å². The second-order valence-corrected chi connectivity index (χ2v) is 9.43. The highest BCUT2D eigenvalue weighted by molar-refractivity contribution is 9.10. The highest BCUT2D eigenvalue weighted by atomic mass is 79.9. The Bertz CT molecular complexity index is 1160. The first-order valence-corrected chi connectivity index (χ1v) is 10.5. The Labute approximate surface area is 184 Å². The van der Waals surface area contributed by atoms with Crippen LogP contribution in [0.1, 0.15) is 44.9 Å². The summed E-state index contributed by atoms with van der Waals surface area (Å²) < 4.78 is 2.65. The Balaban J connectivity index is 1.82. The summed E-state index contributed by atoms with van der Waals surface area (Å²) in [5.74, 6) is 0.691. The summed E-state index contributed by atoms with van der Waals surface area (Å²) in [6.45, 7) is 8.38. The molecule has 2 heterocycles. The molecule has 0 fully saturated rings. The molecule has 0 bridgehead atoms. The molecule has 2 aromatic carbocycles. The first-order chi connectivity index (χ1) is 14.1. The number of carbonyl (C=O) groups is 1. The predicted octanol–water partition coefficient (Wildman–Crippen LogP) is 4.78. The third-order valence-corrected chi connectivity index (χ3v) is 5.78. The molecule has 4 rings (SSSR count). The van der Waals surface area contributed by atoms with E-state index >= 15 is 0 Å². The number of allylic oxidation sites excluding steroid dienone is 1. The van der Waals surface area contributed by atoms with Crippen LogP contribution in [0.5, 0.6) is 0 Å². The third-order valence-electron chi connectivity index (χ3n) is 5.29. The lowest BCUT2D eigenvalue weighted by atomic mass is 9.87. The zero-order chi connectivity index (χ0) is 21.6. The second kappa shape index (κ2) is 7.40. The van der Waals surface area contributed by atoms with Crippen molar-refractivity contribution in [2.24, 2.45) is 5.73 Å². The van der Waals surface area contributed by atoms with Gasteiger partial charge in [0, 0.05) is 15.7 Å². The molecule has 1 aliphatic rings. The number of nitrogens with zero attached hydrogens (tertiary/aromatic N) is 3. The first-order valence-electron chi connectivity index (χ1n) is 9.75. The Kier molecular flexibility index (Phi) is 5.02. The van der Waals surface area contributed by atoms with Crippen molar-refractivity contribution in [1.29, 1.82) is 0 Å². The number of halogens is 1. The summed E-state index contributed by atoms with van der Waals surface area (Å²) in [4.78, 5) is 17.0. The van der Waals surface area contributed by atoms with E-state index in [9.17, 15) is 4.79 Å². The van der Waals surface area contributed by atoms with E-state index in [1.165, 1.54) is 5.56 Å². The number of nitrogens with two attached hydrogens (primary N) is 1. The molecule has 0 radical (unpaired) electrons. The van der Waals surface area contributed by atoms with E-state index in [4.69, 9.17) is 15.8 Å². The van der Waals surface area contributed by atoms with Gasteiger partial charge in [-0.1, -0.05) is 73.1 Å². The number of carbonyl (C=O) groups excluding carboxylic acids is 1. The molecular formula is C23H24BrN5O. The van der Waals surface area contributed by atoms with Gasteiger partial charge in [-0.15, -0.1) is 5.10 Å². The molecule has 1 atom stereocenters. The van der Waals surface area contributed by atoms with Gasteiger partial charge in [0.1, 0.15) is 6.04 Å². The normalized spacial score (nSPS) is 16.2. The van der Waals surface area contributed by atoms with Gasteiger partial charge in [0.25, 0.3) is 0 Å². The van der Waals surface area contributed by atoms with Gasteiger partial charge in [0.2, 0.25) is 11.9 Å². The summed E-state index contributed by atoms with van der Waals surface area (Å²) in [7, 11) is 0. The predicted molar refractivity (Wildman–Crippen MR) is 122 cm³/mol. The average Bonchev–Trinajstić information content (AvgIpc) is 3.09. The number of hydrogen-bond donors (Lipinski definition) is 2. The van der Waals surface area contributed by atoms with Gasteiger partial charge in [0.15, 0.2) is 5.82 Å². The van der Waals surface area contributed by atoms with Crippen molar-refractivity contribution in [3.63, 3.8) is 0 Å². The lowest BCUT2D eigenvalue weighted by Gasteiger charge is -2.27. The number of fused-ring (bicyclic) bond motifs is 1. The van der Waals surface area contributed by atoms with Crippen LogP contribution in [-0.4, -0.2) is 20.7 Å². The molecule has 1 aromatic heterocycles. The Morgan fingerprint density at radius 3 is 2.47 bits per heavy atom. The van der Waals surface area contributed by atoms with E-state index in [1.54, 1.807) is 4.68 Å². The molecule has 0 saturated carbocycles. The average molecular weight is 466 g/mol. The van der Waals surface area contributed by atoms with Gasteiger partial charge in [-0.2, -0.15) is 4.98 Å². The summed E-state index contributed by atoms with van der Waals surface area (Å²) in [5, 5.41) is 7.94. The monoisotopic (exact) mass is 465 g/mol. The number of anilines is 1. The van der Waals surface area contributed by atoms with Crippen molar-refractivity contribution < 1.29 is 4.79 Å². The molecule has 6 nitrogen and oxygen atoms in total. The van der Waals surface area contributed by atoms with Gasteiger partial charge >= 0.3 is 0 Å². The molecule has 0 aliphatic carbocycles. The van der Waals surface area contributed by atoms with E-state index < -0.39 is 11.9 Å². The molecule has 3 N–H and O–H groups in total. The zero-order valence-corrected chi connectivity index (χ0v) is 19.0. The van der Waals surface area contributed by atoms with Crippen molar-refractivity contribution in [2.75, 3.05) is 5.32 Å². The van der Waals surface area contributed by atoms with Gasteiger partial charge in [-0.3, -0.25) is 4.79 Å². The second-order valence-electron chi connectivity index (χ2n) is 8.52. The smallest absolute Gasteiger partial charge is 0.248 e. The number of hydrogen-bond acceptors (Lipinski definition) is 4. The number of rotatable bonds is 3. The van der Waals surface area contributed by atoms with E-state index in [1.807, 2.05) is 43.3 Å². The summed E-state index contributed by atoms with van der Waals surface area (Å²) in [6.07, 6.45) is 0. The molecule has 1 unspecified atom stereocenters. The number of amides is 1.